The van der Waals surface area contributed by atoms with Crippen LogP contribution in [-0.4, -0.2) is 39.8 Å². The number of halogens is 2. The van der Waals surface area contributed by atoms with E-state index in [1.54, 1.807) is 30.3 Å². The van der Waals surface area contributed by atoms with Crippen molar-refractivity contribution in [3.8, 4) is 0 Å². The fraction of sp³-hybridized carbons (Fsp3) is 0.360. The maximum Gasteiger partial charge on any atom is 0.338 e. The van der Waals surface area contributed by atoms with Crippen LogP contribution in [0.2, 0.25) is 0 Å². The van der Waals surface area contributed by atoms with E-state index in [9.17, 15) is 19.2 Å². The number of fused-ring (bicyclic) bond motifs is 5. The standard InChI is InChI=1S/C25H21Br2NO5/c1-12-5-7-13(8-6-12)18(29)11-33-25(32)14-3-2-4-15(9-14)28-23(30)19-16-10-17(20(19)24(28)31)22(27)21(16)26/h2-9,16-17,19-22H,10-11H2,1H3/t16-,17-,19-,20-,21+,22+/m1/s1. The zero-order valence-corrected chi connectivity index (χ0v) is 20.9. The predicted molar refractivity (Wildman–Crippen MR) is 129 cm³/mol. The largest absolute Gasteiger partial charge is 0.454 e. The number of aryl methyl sites for hydroxylation is 1. The molecule has 3 aliphatic rings. The van der Waals surface area contributed by atoms with Gasteiger partial charge >= 0.3 is 5.97 Å². The number of hydrogen-bond donors (Lipinski definition) is 0. The Hall–Kier alpha value is -2.32. The minimum absolute atomic E-state index is 0.117. The van der Waals surface area contributed by atoms with Crippen LogP contribution >= 0.6 is 31.9 Å². The lowest BCUT2D eigenvalue weighted by Crippen LogP contribution is -2.37. The number of ketones is 1. The topological polar surface area (TPSA) is 80.8 Å². The third kappa shape index (κ3) is 3.67. The van der Waals surface area contributed by atoms with E-state index in [-0.39, 0.29) is 63.1 Å². The van der Waals surface area contributed by atoms with Crippen molar-refractivity contribution < 1.29 is 23.9 Å². The lowest BCUT2D eigenvalue weighted by molar-refractivity contribution is -0.123. The number of carbonyl (C=O) groups is 4. The van der Waals surface area contributed by atoms with Crippen molar-refractivity contribution in [2.24, 2.45) is 23.7 Å². The van der Waals surface area contributed by atoms with Gasteiger partial charge in [0.25, 0.3) is 0 Å². The van der Waals surface area contributed by atoms with Crippen LogP contribution in [0.4, 0.5) is 5.69 Å². The summed E-state index contributed by atoms with van der Waals surface area (Å²) in [5.74, 6) is -1.83. The molecule has 2 amide bonds. The van der Waals surface area contributed by atoms with Crippen molar-refractivity contribution in [2.45, 2.75) is 23.0 Å². The van der Waals surface area contributed by atoms with E-state index in [1.807, 2.05) is 19.1 Å². The summed E-state index contributed by atoms with van der Waals surface area (Å²) in [6.45, 7) is 1.53. The first kappa shape index (κ1) is 22.5. The van der Waals surface area contributed by atoms with Crippen molar-refractivity contribution in [2.75, 3.05) is 11.5 Å². The van der Waals surface area contributed by atoms with Crippen LogP contribution in [0.5, 0.6) is 0 Å². The number of carbonyl (C=O) groups excluding carboxylic acids is 4. The molecule has 1 aliphatic heterocycles. The zero-order chi connectivity index (χ0) is 23.4. The van der Waals surface area contributed by atoms with Gasteiger partial charge in [-0.15, -0.1) is 0 Å². The number of benzene rings is 2. The molecule has 33 heavy (non-hydrogen) atoms. The van der Waals surface area contributed by atoms with Crippen LogP contribution in [0.3, 0.4) is 0 Å². The highest BCUT2D eigenvalue weighted by Gasteiger charge is 2.66. The molecule has 6 nitrogen and oxygen atoms in total. The number of anilines is 1. The Morgan fingerprint density at radius 1 is 0.939 bits per heavy atom. The van der Waals surface area contributed by atoms with E-state index in [0.717, 1.165) is 12.0 Å². The summed E-state index contributed by atoms with van der Waals surface area (Å²) in [4.78, 5) is 52.9. The molecule has 0 unspecified atom stereocenters. The molecule has 2 aromatic carbocycles. The maximum atomic E-state index is 13.2. The highest BCUT2D eigenvalue weighted by molar-refractivity contribution is 9.12. The molecule has 170 valence electrons. The first-order valence-corrected chi connectivity index (χ1v) is 12.6. The summed E-state index contributed by atoms with van der Waals surface area (Å²) in [7, 11) is 0. The van der Waals surface area contributed by atoms with E-state index < -0.39 is 5.97 Å². The highest BCUT2D eigenvalue weighted by Crippen LogP contribution is 2.60. The number of alkyl halides is 2. The Kier molecular flexibility index (Phi) is 5.77. The fourth-order valence-corrected chi connectivity index (χ4v) is 7.29. The van der Waals surface area contributed by atoms with Crippen LogP contribution in [0.25, 0.3) is 0 Å². The minimum Gasteiger partial charge on any atom is -0.454 e. The molecule has 5 rings (SSSR count). The number of esters is 1. The normalized spacial score (nSPS) is 30.0. The molecule has 2 saturated carbocycles. The third-order valence-corrected chi connectivity index (χ3v) is 10.2. The SMILES string of the molecule is Cc1ccc(C(=O)COC(=O)c2cccc(N3C(=O)[C@@H]4[C@H]5C[C@@H]([C@H](Br)[C@H]5Br)[C@H]4C3=O)c2)cc1. The zero-order valence-electron chi connectivity index (χ0n) is 17.7. The summed E-state index contributed by atoms with van der Waals surface area (Å²) in [5.41, 5.74) is 2.03. The number of nitrogens with zero attached hydrogens (tertiary/aromatic N) is 1. The molecule has 2 bridgehead atoms. The quantitative estimate of drug-likeness (QED) is 0.230. The Labute approximate surface area is 207 Å². The number of rotatable bonds is 5. The summed E-state index contributed by atoms with van der Waals surface area (Å²) in [5, 5.41) is 0. The molecular weight excluding hydrogens is 554 g/mol. The molecular formula is C25H21Br2NO5. The second-order valence-corrected chi connectivity index (χ2v) is 11.0. The molecule has 0 spiro atoms. The molecule has 0 radical (unpaired) electrons. The molecule has 1 saturated heterocycles. The van der Waals surface area contributed by atoms with E-state index in [0.29, 0.717) is 11.3 Å². The third-order valence-electron chi connectivity index (χ3n) is 7.04. The van der Waals surface area contributed by atoms with Gasteiger partial charge < -0.3 is 4.74 Å². The lowest BCUT2D eigenvalue weighted by atomic mass is 9.81. The van der Waals surface area contributed by atoms with E-state index in [2.05, 4.69) is 31.9 Å². The van der Waals surface area contributed by atoms with Crippen LogP contribution in [0, 0.1) is 30.6 Å². The van der Waals surface area contributed by atoms with Gasteiger partial charge in [-0.05, 0) is 43.4 Å². The Morgan fingerprint density at radius 2 is 1.55 bits per heavy atom. The first-order chi connectivity index (χ1) is 15.8. The van der Waals surface area contributed by atoms with Gasteiger partial charge in [0, 0.05) is 15.2 Å². The number of hydrogen-bond acceptors (Lipinski definition) is 5. The van der Waals surface area contributed by atoms with Crippen LogP contribution in [0.1, 0.15) is 32.7 Å². The maximum absolute atomic E-state index is 13.2. The molecule has 3 fully saturated rings. The fourth-order valence-electron chi connectivity index (χ4n) is 5.41. The highest BCUT2D eigenvalue weighted by atomic mass is 79.9. The second kappa shape index (κ2) is 8.47. The average molecular weight is 575 g/mol. The van der Waals surface area contributed by atoms with Crippen molar-refractivity contribution in [1.29, 1.82) is 0 Å². The summed E-state index contributed by atoms with van der Waals surface area (Å²) in [6.07, 6.45) is 0.855. The van der Waals surface area contributed by atoms with Gasteiger partial charge in [0.2, 0.25) is 11.8 Å². The van der Waals surface area contributed by atoms with Crippen molar-refractivity contribution in [3.63, 3.8) is 0 Å². The van der Waals surface area contributed by atoms with Crippen molar-refractivity contribution in [1.82, 2.24) is 0 Å². The van der Waals surface area contributed by atoms with Crippen LogP contribution in [-0.2, 0) is 14.3 Å². The minimum atomic E-state index is -0.683. The van der Waals surface area contributed by atoms with E-state index in [4.69, 9.17) is 4.74 Å². The van der Waals surface area contributed by atoms with Gasteiger partial charge in [0.05, 0.1) is 23.1 Å². The smallest absolute Gasteiger partial charge is 0.338 e. The monoisotopic (exact) mass is 573 g/mol. The number of imide groups is 1. The van der Waals surface area contributed by atoms with Crippen molar-refractivity contribution in [3.05, 3.63) is 65.2 Å². The predicted octanol–water partition coefficient (Wildman–Crippen LogP) is 4.32. The molecule has 6 atom stereocenters. The van der Waals surface area contributed by atoms with E-state index in [1.165, 1.54) is 11.0 Å². The molecule has 1 heterocycles. The second-order valence-electron chi connectivity index (χ2n) is 8.93. The number of amides is 2. The van der Waals surface area contributed by atoms with Crippen LogP contribution < -0.4 is 4.90 Å². The Balaban J connectivity index is 1.31. The molecule has 2 aliphatic carbocycles. The van der Waals surface area contributed by atoms with Gasteiger partial charge in [-0.3, -0.25) is 19.3 Å². The lowest BCUT2D eigenvalue weighted by Gasteiger charge is -2.28. The van der Waals surface area contributed by atoms with Gasteiger partial charge in [-0.25, -0.2) is 4.79 Å². The summed E-state index contributed by atoms with van der Waals surface area (Å²) in [6, 6.07) is 13.3. The number of Topliss-reactive ketones (excluding diaryl/α,β-unsaturated/α-hetero) is 1. The summed E-state index contributed by atoms with van der Waals surface area (Å²) < 4.78 is 5.20. The molecule has 8 heteroatoms. The molecule has 0 N–H and O–H groups in total. The van der Waals surface area contributed by atoms with Crippen molar-refractivity contribution >= 4 is 61.1 Å². The van der Waals surface area contributed by atoms with E-state index >= 15 is 0 Å². The average Bonchev–Trinajstić information content (AvgIpc) is 3.42. The van der Waals surface area contributed by atoms with Crippen LogP contribution in [0.15, 0.2) is 48.5 Å². The van der Waals surface area contributed by atoms with Gasteiger partial charge in [-0.2, -0.15) is 0 Å². The van der Waals surface area contributed by atoms with Gasteiger partial charge in [-0.1, -0.05) is 67.8 Å². The molecule has 2 aromatic rings. The molecule has 0 aromatic heterocycles. The Morgan fingerprint density at radius 3 is 2.15 bits per heavy atom. The number of ether oxygens (including phenoxy) is 1. The Bertz CT molecular complexity index is 1130. The van der Waals surface area contributed by atoms with Gasteiger partial charge in [0.15, 0.2) is 12.4 Å². The van der Waals surface area contributed by atoms with Gasteiger partial charge in [0.1, 0.15) is 0 Å². The first-order valence-electron chi connectivity index (χ1n) is 10.8. The summed E-state index contributed by atoms with van der Waals surface area (Å²) >= 11 is 7.37.